The lowest BCUT2D eigenvalue weighted by atomic mass is 9.93. The minimum Gasteiger partial charge on any atom is -0.391 e. The summed E-state index contributed by atoms with van der Waals surface area (Å²) in [4.78, 5) is 13.5. The summed E-state index contributed by atoms with van der Waals surface area (Å²) < 4.78 is 5.31. The maximum Gasteiger partial charge on any atom is 0.184 e. The molecule has 2 unspecified atom stereocenters. The van der Waals surface area contributed by atoms with Gasteiger partial charge in [-0.05, 0) is 48.7 Å². The molecule has 6 rings (SSSR count). The van der Waals surface area contributed by atoms with E-state index in [4.69, 9.17) is 4.98 Å². The Balaban J connectivity index is 1.23. The molecule has 2 aromatic carbocycles. The van der Waals surface area contributed by atoms with Crippen LogP contribution in [0.3, 0.4) is 0 Å². The van der Waals surface area contributed by atoms with Crippen LogP contribution in [0.2, 0.25) is 0 Å². The van der Waals surface area contributed by atoms with Gasteiger partial charge in [-0.25, -0.2) is 15.0 Å². The molecule has 8 heteroatoms. The number of aromatic nitrogens is 5. The molecule has 1 saturated carbocycles. The zero-order valence-electron chi connectivity index (χ0n) is 17.6. The van der Waals surface area contributed by atoms with Crippen LogP contribution in [-0.2, 0) is 6.54 Å². The first-order valence-corrected chi connectivity index (χ1v) is 11.8. The van der Waals surface area contributed by atoms with Crippen molar-refractivity contribution < 1.29 is 5.11 Å². The zero-order valence-corrected chi connectivity index (χ0v) is 18.4. The predicted molar refractivity (Wildman–Crippen MR) is 127 cm³/mol. The van der Waals surface area contributed by atoms with Crippen LogP contribution in [-0.4, -0.2) is 41.3 Å². The highest BCUT2D eigenvalue weighted by Gasteiger charge is 2.23. The second kappa shape index (κ2) is 8.03. The molecule has 3 aromatic heterocycles. The Hall–Kier alpha value is -3.23. The number of hydrogen-bond acceptors (Lipinski definition) is 6. The van der Waals surface area contributed by atoms with Crippen molar-refractivity contribution in [2.75, 3.05) is 5.32 Å². The van der Waals surface area contributed by atoms with Gasteiger partial charge in [0.05, 0.1) is 46.1 Å². The Kier molecular flexibility index (Phi) is 4.88. The lowest BCUT2D eigenvalue weighted by Crippen LogP contribution is -2.36. The second-order valence-electron chi connectivity index (χ2n) is 8.44. The Bertz CT molecular complexity index is 1370. The molecule has 0 radical (unpaired) electrons. The van der Waals surface area contributed by atoms with Crippen molar-refractivity contribution in [2.45, 2.75) is 44.4 Å². The van der Waals surface area contributed by atoms with E-state index in [2.05, 4.69) is 56.3 Å². The molecule has 3 heterocycles. The summed E-state index contributed by atoms with van der Waals surface area (Å²) >= 11 is 1.66. The van der Waals surface area contributed by atoms with E-state index in [1.807, 2.05) is 17.1 Å². The van der Waals surface area contributed by atoms with E-state index < -0.39 is 0 Å². The summed E-state index contributed by atoms with van der Waals surface area (Å²) in [5.41, 5.74) is 5.32. The SMILES string of the molecule is OC1CCCCC1Nc1nc2ccc(Cn3cnc4cc(-n5ccnc5)ccc43)cc2s1. The number of nitrogens with zero attached hydrogens (tertiary/aromatic N) is 5. The molecule has 0 saturated heterocycles. The minimum atomic E-state index is -0.282. The largest absolute Gasteiger partial charge is 0.391 e. The first kappa shape index (κ1) is 19.5. The van der Waals surface area contributed by atoms with Gasteiger partial charge in [0.25, 0.3) is 0 Å². The average molecular weight is 445 g/mol. The summed E-state index contributed by atoms with van der Waals surface area (Å²) in [6.45, 7) is 0.749. The van der Waals surface area contributed by atoms with Crippen LogP contribution < -0.4 is 5.32 Å². The molecular weight excluding hydrogens is 420 g/mol. The first-order valence-electron chi connectivity index (χ1n) is 11.0. The highest BCUT2D eigenvalue weighted by Crippen LogP contribution is 2.30. The number of nitrogens with one attached hydrogen (secondary N) is 1. The van der Waals surface area contributed by atoms with Gasteiger partial charge in [0.2, 0.25) is 0 Å². The monoisotopic (exact) mass is 444 g/mol. The molecule has 2 atom stereocenters. The third-order valence-corrected chi connectivity index (χ3v) is 7.20. The number of aliphatic hydroxyl groups excluding tert-OH is 1. The second-order valence-corrected chi connectivity index (χ2v) is 9.47. The Morgan fingerprint density at radius 3 is 2.88 bits per heavy atom. The predicted octanol–water partition coefficient (Wildman–Crippen LogP) is 4.60. The Morgan fingerprint density at radius 1 is 1.06 bits per heavy atom. The van der Waals surface area contributed by atoms with Gasteiger partial charge >= 0.3 is 0 Å². The number of imidazole rings is 2. The molecule has 7 nitrogen and oxygen atoms in total. The highest BCUT2D eigenvalue weighted by atomic mass is 32.1. The van der Waals surface area contributed by atoms with Crippen molar-refractivity contribution in [2.24, 2.45) is 0 Å². The average Bonchev–Trinajstić information content (AvgIpc) is 3.55. The molecule has 2 N–H and O–H groups in total. The normalized spacial score (nSPS) is 19.0. The van der Waals surface area contributed by atoms with Crippen LogP contribution in [0.15, 0.2) is 61.4 Å². The first-order chi connectivity index (χ1) is 15.7. The lowest BCUT2D eigenvalue weighted by Gasteiger charge is -2.27. The van der Waals surface area contributed by atoms with Crippen LogP contribution in [0.25, 0.3) is 26.9 Å². The fourth-order valence-corrected chi connectivity index (χ4v) is 5.51. The van der Waals surface area contributed by atoms with Crippen LogP contribution >= 0.6 is 11.3 Å². The van der Waals surface area contributed by atoms with Gasteiger partial charge in [0.15, 0.2) is 5.13 Å². The van der Waals surface area contributed by atoms with Gasteiger partial charge in [0.1, 0.15) is 0 Å². The van der Waals surface area contributed by atoms with Crippen molar-refractivity contribution in [1.29, 1.82) is 0 Å². The number of hydrogen-bond donors (Lipinski definition) is 2. The summed E-state index contributed by atoms with van der Waals surface area (Å²) in [5, 5.41) is 14.6. The van der Waals surface area contributed by atoms with E-state index in [1.165, 1.54) is 5.56 Å². The van der Waals surface area contributed by atoms with Gasteiger partial charge in [-0.2, -0.15) is 0 Å². The molecule has 1 aliphatic rings. The van der Waals surface area contributed by atoms with Crippen LogP contribution in [0.5, 0.6) is 0 Å². The molecule has 0 amide bonds. The molecule has 1 fully saturated rings. The van der Waals surface area contributed by atoms with Gasteiger partial charge in [-0.3, -0.25) is 0 Å². The minimum absolute atomic E-state index is 0.105. The lowest BCUT2D eigenvalue weighted by molar-refractivity contribution is 0.116. The smallest absolute Gasteiger partial charge is 0.184 e. The quantitative estimate of drug-likeness (QED) is 0.414. The molecule has 0 bridgehead atoms. The number of fused-ring (bicyclic) bond motifs is 2. The molecule has 5 aromatic rings. The third kappa shape index (κ3) is 3.65. The van der Waals surface area contributed by atoms with Crippen molar-refractivity contribution in [3.8, 4) is 5.69 Å². The maximum atomic E-state index is 10.3. The highest BCUT2D eigenvalue weighted by molar-refractivity contribution is 7.22. The van der Waals surface area contributed by atoms with Crippen molar-refractivity contribution in [3.63, 3.8) is 0 Å². The Morgan fingerprint density at radius 2 is 2.00 bits per heavy atom. The van der Waals surface area contributed by atoms with E-state index in [9.17, 15) is 5.11 Å². The van der Waals surface area contributed by atoms with Crippen molar-refractivity contribution in [3.05, 3.63) is 67.0 Å². The van der Waals surface area contributed by atoms with Gasteiger partial charge < -0.3 is 19.6 Å². The van der Waals surface area contributed by atoms with Crippen LogP contribution in [0, 0.1) is 0 Å². The molecule has 0 spiro atoms. The molecule has 162 valence electrons. The fraction of sp³-hybridized carbons (Fsp3) is 0.292. The number of anilines is 1. The standard InChI is InChI=1S/C24H24N6OS/c31-22-4-2-1-3-18(22)27-24-28-19-7-5-16(11-23(19)32-24)13-30-15-26-20-12-17(6-8-21(20)30)29-10-9-25-14-29/h5-12,14-15,18,22,31H,1-4,13H2,(H,27,28). The number of benzene rings is 2. The van der Waals surface area contributed by atoms with Crippen LogP contribution in [0.4, 0.5) is 5.13 Å². The number of thiazole rings is 1. The van der Waals surface area contributed by atoms with Gasteiger partial charge in [-0.1, -0.05) is 30.2 Å². The summed E-state index contributed by atoms with van der Waals surface area (Å²) in [7, 11) is 0. The summed E-state index contributed by atoms with van der Waals surface area (Å²) in [6, 6.07) is 12.8. The van der Waals surface area contributed by atoms with E-state index in [0.29, 0.717) is 0 Å². The van der Waals surface area contributed by atoms with Crippen molar-refractivity contribution >= 4 is 37.7 Å². The van der Waals surface area contributed by atoms with E-state index >= 15 is 0 Å². The summed E-state index contributed by atoms with van der Waals surface area (Å²) in [5.74, 6) is 0. The molecule has 32 heavy (non-hydrogen) atoms. The van der Waals surface area contributed by atoms with Crippen molar-refractivity contribution in [1.82, 2.24) is 24.1 Å². The topological polar surface area (TPSA) is 80.8 Å². The van der Waals surface area contributed by atoms with Crippen LogP contribution in [0.1, 0.15) is 31.2 Å². The number of aliphatic hydroxyl groups is 1. The maximum absolute atomic E-state index is 10.3. The summed E-state index contributed by atoms with van der Waals surface area (Å²) in [6.07, 6.45) is 11.3. The van der Waals surface area contributed by atoms with E-state index in [1.54, 1.807) is 23.9 Å². The van der Waals surface area contributed by atoms with Gasteiger partial charge in [0, 0.05) is 24.6 Å². The van der Waals surface area contributed by atoms with Gasteiger partial charge in [-0.15, -0.1) is 0 Å². The molecule has 0 aliphatic heterocycles. The fourth-order valence-electron chi connectivity index (χ4n) is 4.51. The Labute approximate surface area is 189 Å². The molecule has 1 aliphatic carbocycles. The third-order valence-electron chi connectivity index (χ3n) is 6.25. The zero-order chi connectivity index (χ0) is 21.5. The molecular formula is C24H24N6OS. The van der Waals surface area contributed by atoms with E-state index in [-0.39, 0.29) is 12.1 Å². The van der Waals surface area contributed by atoms with E-state index in [0.717, 1.165) is 64.3 Å². The number of rotatable bonds is 5.